The predicted octanol–water partition coefficient (Wildman–Crippen LogP) is 17.8. The van der Waals surface area contributed by atoms with E-state index in [1.807, 2.05) is 0 Å². The van der Waals surface area contributed by atoms with Gasteiger partial charge in [0.25, 0.3) is 0 Å². The summed E-state index contributed by atoms with van der Waals surface area (Å²) in [5, 5.41) is 0. The van der Waals surface area contributed by atoms with Crippen LogP contribution in [-0.4, -0.2) is 78.2 Å². The molecular weight excluding hydrogens is 1090 g/mol. The molecule has 0 spiro atoms. The fourth-order valence-corrected chi connectivity index (χ4v) is 16.2. The van der Waals surface area contributed by atoms with Crippen molar-refractivity contribution in [1.82, 2.24) is 29.4 Å². The molecule has 7 aliphatic rings. The summed E-state index contributed by atoms with van der Waals surface area (Å²) in [5.74, 6) is 0. The van der Waals surface area contributed by atoms with Gasteiger partial charge in [0.1, 0.15) is 0 Å². The van der Waals surface area contributed by atoms with Crippen LogP contribution in [0, 0.1) is 0 Å². The van der Waals surface area contributed by atoms with Crippen LogP contribution in [0.3, 0.4) is 0 Å². The topological polar surface area (TPSA) is 19.4 Å². The molecule has 6 bridgehead atoms. The minimum Gasteiger partial charge on any atom is -0.290 e. The summed E-state index contributed by atoms with van der Waals surface area (Å²) < 4.78 is 0. The van der Waals surface area contributed by atoms with Gasteiger partial charge in [-0.15, -0.1) is 0 Å². The van der Waals surface area contributed by atoms with Crippen LogP contribution in [0.5, 0.6) is 0 Å². The third-order valence-corrected chi connectivity index (χ3v) is 20.7. The zero-order valence-corrected chi connectivity index (χ0v) is 53.3. The van der Waals surface area contributed by atoms with Crippen LogP contribution >= 0.6 is 0 Å². The summed E-state index contributed by atoms with van der Waals surface area (Å²) >= 11 is 0. The molecule has 15 rings (SSSR count). The molecule has 90 heavy (non-hydrogen) atoms. The van der Waals surface area contributed by atoms with E-state index in [4.69, 9.17) is 0 Å². The molecule has 3 saturated carbocycles. The minimum atomic E-state index is 0.143. The smallest absolute Gasteiger partial charge is 0.0475 e. The maximum Gasteiger partial charge on any atom is 0.0475 e. The summed E-state index contributed by atoms with van der Waals surface area (Å²) in [6.07, 6.45) is 27.2. The first-order valence-electron chi connectivity index (χ1n) is 34.5. The molecule has 6 nitrogen and oxygen atoms in total. The Morgan fingerprint density at radius 3 is 0.811 bits per heavy atom. The Hall–Kier alpha value is -7.26. The van der Waals surface area contributed by atoms with Gasteiger partial charge in [0.05, 0.1) is 0 Å². The molecule has 0 amide bonds. The first-order chi connectivity index (χ1) is 44.6. The van der Waals surface area contributed by atoms with E-state index in [9.17, 15) is 0 Å². The van der Waals surface area contributed by atoms with Gasteiger partial charge in [-0.3, -0.25) is 29.4 Å². The van der Waals surface area contributed by atoms with Crippen LogP contribution in [0.25, 0.3) is 0 Å². The SMILES string of the molecule is C1=CC2C=CC(=C1)CN(Cc1ccccc1)[C@@H]1CCCC[C@H]1N(Cc1ccccc1)Cc1ccc(cc1)CN(Cc1ccccc1)[C@@H]1CCCC[C@H]1N(Cc1ccccc1)Cc1ccc(cc1)CN(Cc1ccccc1)[C@@H]1CCCC[C@H]1N2Cc1ccccc1. The molecule has 3 fully saturated rings. The van der Waals surface area contributed by atoms with Crippen LogP contribution in [0.15, 0.2) is 266 Å². The molecule has 8 aromatic rings. The number of hydrogen-bond acceptors (Lipinski definition) is 6. The Balaban J connectivity index is 0.907. The van der Waals surface area contributed by atoms with Crippen molar-refractivity contribution >= 4 is 0 Å². The van der Waals surface area contributed by atoms with Crippen LogP contribution < -0.4 is 0 Å². The highest BCUT2D eigenvalue weighted by atomic mass is 15.3. The van der Waals surface area contributed by atoms with Crippen molar-refractivity contribution in [2.45, 2.75) is 185 Å². The molecule has 0 radical (unpaired) electrons. The summed E-state index contributed by atoms with van der Waals surface area (Å²) in [4.78, 5) is 17.3. The predicted molar refractivity (Wildman–Crippen MR) is 373 cm³/mol. The molecule has 462 valence electrons. The van der Waals surface area contributed by atoms with Crippen LogP contribution in [0.2, 0.25) is 0 Å². The molecule has 8 aromatic carbocycles. The molecular formula is C84H96N6. The molecule has 6 heteroatoms. The molecule has 3 heterocycles. The lowest BCUT2D eigenvalue weighted by molar-refractivity contribution is 0.0282. The zero-order chi connectivity index (χ0) is 60.5. The Labute approximate surface area is 539 Å². The number of fused-ring (bicyclic) bond motifs is 2. The second-order valence-corrected chi connectivity index (χ2v) is 27.0. The number of rotatable bonds is 12. The maximum atomic E-state index is 2.90. The van der Waals surface area contributed by atoms with Gasteiger partial charge in [-0.1, -0.05) is 299 Å². The van der Waals surface area contributed by atoms with Gasteiger partial charge in [0.15, 0.2) is 0 Å². The highest BCUT2D eigenvalue weighted by Crippen LogP contribution is 2.37. The number of allylic oxidation sites excluding steroid dienone is 2. The Morgan fingerprint density at radius 2 is 0.511 bits per heavy atom. The van der Waals surface area contributed by atoms with Crippen molar-refractivity contribution < 1.29 is 0 Å². The maximum absolute atomic E-state index is 2.90. The summed E-state index contributed by atoms with van der Waals surface area (Å²) in [7, 11) is 0. The number of nitrogens with zero attached hydrogens (tertiary/aromatic N) is 6. The Bertz CT molecular complexity index is 3500. The highest BCUT2D eigenvalue weighted by Gasteiger charge is 2.39. The van der Waals surface area contributed by atoms with E-state index in [0.29, 0.717) is 36.3 Å². The summed E-state index contributed by atoms with van der Waals surface area (Å²) in [5.41, 5.74) is 15.3. The third-order valence-electron chi connectivity index (χ3n) is 20.7. The second kappa shape index (κ2) is 31.2. The van der Waals surface area contributed by atoms with Crippen molar-refractivity contribution in [3.63, 3.8) is 0 Å². The van der Waals surface area contributed by atoms with Crippen molar-refractivity contribution in [1.29, 1.82) is 0 Å². The van der Waals surface area contributed by atoms with Gasteiger partial charge >= 0.3 is 0 Å². The Kier molecular flexibility index (Phi) is 21.3. The largest absolute Gasteiger partial charge is 0.290 e. The lowest BCUT2D eigenvalue weighted by Crippen LogP contribution is -2.55. The van der Waals surface area contributed by atoms with Crippen LogP contribution in [-0.2, 0) is 65.4 Å². The molecule has 0 N–H and O–H groups in total. The van der Waals surface area contributed by atoms with Crippen molar-refractivity contribution in [3.8, 4) is 0 Å². The van der Waals surface area contributed by atoms with Gasteiger partial charge < -0.3 is 0 Å². The van der Waals surface area contributed by atoms with Gasteiger partial charge in [0.2, 0.25) is 0 Å². The van der Waals surface area contributed by atoms with Gasteiger partial charge in [-0.05, 0) is 99.7 Å². The lowest BCUT2D eigenvalue weighted by Gasteiger charge is -2.47. The first kappa shape index (κ1) is 61.6. The summed E-state index contributed by atoms with van der Waals surface area (Å²) in [6.45, 7) is 10.1. The average molecular weight is 1190 g/mol. The van der Waals surface area contributed by atoms with Crippen LogP contribution in [0.4, 0.5) is 0 Å². The van der Waals surface area contributed by atoms with E-state index in [0.717, 1.165) is 72.0 Å². The van der Waals surface area contributed by atoms with E-state index in [-0.39, 0.29) is 6.04 Å². The molecule has 1 unspecified atom stereocenters. The van der Waals surface area contributed by atoms with Gasteiger partial charge in [0, 0.05) is 114 Å². The van der Waals surface area contributed by atoms with Gasteiger partial charge in [-0.2, -0.15) is 0 Å². The van der Waals surface area contributed by atoms with Gasteiger partial charge in [-0.25, -0.2) is 0 Å². The monoisotopic (exact) mass is 1190 g/mol. The Morgan fingerprint density at radius 1 is 0.256 bits per heavy atom. The lowest BCUT2D eigenvalue weighted by atomic mass is 9.86. The van der Waals surface area contributed by atoms with Crippen molar-refractivity contribution in [2.24, 2.45) is 0 Å². The standard InChI is InChI=1S/C84H96N6/c1-7-26-67(27-8-1)56-85-61-73-38-25-39-78(55-54-73)90(66-72-36-17-6-18-37-72)84-45-24-23-44-83(84)89(60-71-34-15-5-16-35-71)65-77-52-50-76(51-53-77)64-88(59-70-32-13-4-14-33-70)82-43-22-21-42-81(82)87(58-69-30-11-3-12-31-69)63-75-48-46-74(47-49-75)62-86(57-68-28-9-2-10-29-68)80-41-20-19-40-79(80)85/h1-18,25-39,46-55,78-84H,19-24,40-45,56-66H2/t78?,79-,80-,81-,82-,83-,84-/m1/s1. The van der Waals surface area contributed by atoms with E-state index in [1.54, 1.807) is 0 Å². The highest BCUT2D eigenvalue weighted by molar-refractivity contribution is 5.34. The van der Waals surface area contributed by atoms with E-state index >= 15 is 0 Å². The summed E-state index contributed by atoms with van der Waals surface area (Å²) in [6, 6.07) is 90.3. The quantitative estimate of drug-likeness (QED) is 0.121. The minimum absolute atomic E-state index is 0.143. The normalized spacial score (nSPS) is 24.0. The molecule has 0 aromatic heterocycles. The molecule has 4 aliphatic carbocycles. The zero-order valence-electron chi connectivity index (χ0n) is 53.3. The fraction of sp³-hybridized carbons (Fsp3) is 0.357. The first-order valence-corrected chi connectivity index (χ1v) is 34.5. The van der Waals surface area contributed by atoms with E-state index in [1.165, 1.54) is 138 Å². The fourth-order valence-electron chi connectivity index (χ4n) is 16.2. The molecule has 3 aliphatic heterocycles. The van der Waals surface area contributed by atoms with E-state index in [2.05, 4.69) is 290 Å². The van der Waals surface area contributed by atoms with Crippen molar-refractivity contribution in [2.75, 3.05) is 6.54 Å². The molecule has 7 atom stereocenters. The number of benzene rings is 8. The average Bonchev–Trinajstić information content (AvgIpc) is 1.62. The van der Waals surface area contributed by atoms with Crippen LogP contribution in [0.1, 0.15) is 133 Å². The number of hydrogen-bond donors (Lipinski definition) is 0. The third kappa shape index (κ3) is 16.4. The molecule has 0 saturated heterocycles. The van der Waals surface area contributed by atoms with E-state index < -0.39 is 0 Å². The van der Waals surface area contributed by atoms with Crippen molar-refractivity contribution in [3.05, 3.63) is 322 Å². The second-order valence-electron chi connectivity index (χ2n) is 27.0.